The van der Waals surface area contributed by atoms with Gasteiger partial charge < -0.3 is 19.3 Å². The molecule has 2 saturated heterocycles. The molecule has 2 heterocycles. The number of aliphatic hydroxyl groups is 1. The highest BCUT2D eigenvalue weighted by Crippen LogP contribution is 2.57. The van der Waals surface area contributed by atoms with Crippen LogP contribution >= 0.6 is 0 Å². The van der Waals surface area contributed by atoms with Gasteiger partial charge in [-0.2, -0.15) is 0 Å². The van der Waals surface area contributed by atoms with Crippen LogP contribution in [0.5, 0.6) is 0 Å². The molecular weight excluding hydrogens is 336 g/mol. The summed E-state index contributed by atoms with van der Waals surface area (Å²) < 4.78 is 16.9. The van der Waals surface area contributed by atoms with Crippen LogP contribution in [-0.2, 0) is 23.8 Å². The summed E-state index contributed by atoms with van der Waals surface area (Å²) in [7, 11) is 0. The summed E-state index contributed by atoms with van der Waals surface area (Å²) in [6, 6.07) is 0. The zero-order chi connectivity index (χ0) is 19.0. The number of ether oxygens (including phenoxy) is 3. The van der Waals surface area contributed by atoms with E-state index >= 15 is 0 Å². The highest BCUT2D eigenvalue weighted by atomic mass is 16.7. The minimum atomic E-state index is -0.931. The van der Waals surface area contributed by atoms with Gasteiger partial charge in [0.15, 0.2) is 5.60 Å². The van der Waals surface area contributed by atoms with Crippen LogP contribution in [0.15, 0.2) is 23.8 Å². The fraction of sp³-hybridized carbons (Fsp3) is 0.700. The van der Waals surface area contributed by atoms with Gasteiger partial charge in [0.1, 0.15) is 12.2 Å². The molecule has 8 atom stereocenters. The Labute approximate surface area is 153 Å². The molecular formula is C20H26O6. The highest BCUT2D eigenvalue weighted by molar-refractivity contribution is 5.91. The molecule has 142 valence electrons. The Morgan fingerprint density at radius 2 is 2.08 bits per heavy atom. The van der Waals surface area contributed by atoms with E-state index in [0.29, 0.717) is 18.4 Å². The molecule has 0 bridgehead atoms. The van der Waals surface area contributed by atoms with Crippen LogP contribution < -0.4 is 0 Å². The summed E-state index contributed by atoms with van der Waals surface area (Å²) in [6.45, 7) is 11.4. The molecule has 4 rings (SSSR count). The van der Waals surface area contributed by atoms with Gasteiger partial charge in [-0.05, 0) is 33.6 Å². The number of hydrogen-bond acceptors (Lipinski definition) is 6. The van der Waals surface area contributed by atoms with E-state index in [1.54, 1.807) is 6.92 Å². The fourth-order valence-electron chi connectivity index (χ4n) is 5.11. The third-order valence-corrected chi connectivity index (χ3v) is 7.06. The summed E-state index contributed by atoms with van der Waals surface area (Å²) >= 11 is 0. The third-order valence-electron chi connectivity index (χ3n) is 7.06. The Balaban J connectivity index is 1.69. The molecule has 0 aromatic carbocycles. The lowest BCUT2D eigenvalue weighted by Gasteiger charge is -2.53. The van der Waals surface area contributed by atoms with Gasteiger partial charge in [0, 0.05) is 16.9 Å². The second-order valence-corrected chi connectivity index (χ2v) is 8.62. The number of esters is 2. The van der Waals surface area contributed by atoms with Crippen molar-refractivity contribution in [3.05, 3.63) is 23.8 Å². The van der Waals surface area contributed by atoms with Crippen molar-refractivity contribution < 1.29 is 28.9 Å². The summed E-state index contributed by atoms with van der Waals surface area (Å²) in [5, 5.41) is 10.7. The van der Waals surface area contributed by atoms with Crippen LogP contribution in [-0.4, -0.2) is 47.1 Å². The van der Waals surface area contributed by atoms with Crippen LogP contribution in [0.4, 0.5) is 0 Å². The van der Waals surface area contributed by atoms with Gasteiger partial charge in [-0.15, -0.1) is 0 Å². The van der Waals surface area contributed by atoms with Crippen molar-refractivity contribution in [3.8, 4) is 0 Å². The summed E-state index contributed by atoms with van der Waals surface area (Å²) in [5.41, 5.74) is -0.0185. The first kappa shape index (κ1) is 17.7. The second-order valence-electron chi connectivity index (χ2n) is 8.62. The first-order valence-electron chi connectivity index (χ1n) is 9.23. The summed E-state index contributed by atoms with van der Waals surface area (Å²) in [4.78, 5) is 24.8. The van der Waals surface area contributed by atoms with E-state index in [0.717, 1.165) is 5.57 Å². The largest absolute Gasteiger partial charge is 0.459 e. The summed E-state index contributed by atoms with van der Waals surface area (Å²) in [6.07, 6.45) is 1.20. The van der Waals surface area contributed by atoms with E-state index in [9.17, 15) is 14.7 Å². The normalized spacial score (nSPS) is 49.7. The maximum atomic E-state index is 12.6. The average Bonchev–Trinajstić information content (AvgIpc) is 3.07. The number of epoxide rings is 1. The molecule has 3 fully saturated rings. The maximum absolute atomic E-state index is 12.6. The molecule has 2 aliphatic heterocycles. The van der Waals surface area contributed by atoms with Crippen LogP contribution in [0.25, 0.3) is 0 Å². The molecule has 0 amide bonds. The Hall–Kier alpha value is -1.66. The van der Waals surface area contributed by atoms with Crippen molar-refractivity contribution in [2.75, 3.05) is 0 Å². The molecule has 6 nitrogen and oxygen atoms in total. The predicted molar refractivity (Wildman–Crippen MR) is 91.9 cm³/mol. The Kier molecular flexibility index (Phi) is 3.70. The molecule has 1 N–H and O–H groups in total. The van der Waals surface area contributed by atoms with Crippen molar-refractivity contribution in [2.24, 2.45) is 17.3 Å². The minimum Gasteiger partial charge on any atom is -0.459 e. The number of aliphatic hydroxyl groups excluding tert-OH is 1. The zero-order valence-electron chi connectivity index (χ0n) is 15.7. The number of carbonyl (C=O) groups excluding carboxylic acids is 2. The number of fused-ring (bicyclic) bond motifs is 3. The molecule has 0 unspecified atom stereocenters. The zero-order valence-corrected chi connectivity index (χ0v) is 15.7. The van der Waals surface area contributed by atoms with Crippen molar-refractivity contribution in [1.82, 2.24) is 0 Å². The molecule has 0 aromatic heterocycles. The molecule has 0 spiro atoms. The van der Waals surface area contributed by atoms with Crippen LogP contribution in [0.2, 0.25) is 0 Å². The van der Waals surface area contributed by atoms with E-state index < -0.39 is 47.2 Å². The lowest BCUT2D eigenvalue weighted by molar-refractivity contribution is -0.179. The van der Waals surface area contributed by atoms with Crippen molar-refractivity contribution in [1.29, 1.82) is 0 Å². The first-order chi connectivity index (χ1) is 12.1. The topological polar surface area (TPSA) is 85.4 Å². The van der Waals surface area contributed by atoms with E-state index in [1.165, 1.54) is 0 Å². The third kappa shape index (κ3) is 2.24. The molecule has 26 heavy (non-hydrogen) atoms. The SMILES string of the molecule is C=C1C(=O)O[C@H]2[C@H]1[C@H](OC(=O)[C@]1(C)O[C@H]1C)C[C@@]1(C)[C@H](O)CC=C(C)[C@H]21. The van der Waals surface area contributed by atoms with Gasteiger partial charge in [-0.1, -0.05) is 25.2 Å². The Bertz CT molecular complexity index is 726. The molecule has 0 radical (unpaired) electrons. The van der Waals surface area contributed by atoms with Gasteiger partial charge in [0.25, 0.3) is 0 Å². The average molecular weight is 362 g/mol. The van der Waals surface area contributed by atoms with Gasteiger partial charge in [0.05, 0.1) is 18.1 Å². The van der Waals surface area contributed by atoms with E-state index in [2.05, 4.69) is 6.58 Å². The Morgan fingerprint density at radius 3 is 2.69 bits per heavy atom. The first-order valence-corrected chi connectivity index (χ1v) is 9.23. The van der Waals surface area contributed by atoms with Crippen LogP contribution in [0, 0.1) is 17.3 Å². The molecule has 2 aliphatic carbocycles. The van der Waals surface area contributed by atoms with E-state index in [1.807, 2.05) is 26.8 Å². The number of hydrogen-bond donors (Lipinski definition) is 1. The second kappa shape index (κ2) is 5.42. The van der Waals surface area contributed by atoms with Crippen LogP contribution in [0.3, 0.4) is 0 Å². The van der Waals surface area contributed by atoms with Crippen molar-refractivity contribution in [2.45, 2.75) is 70.6 Å². The minimum absolute atomic E-state index is 0.110. The fourth-order valence-corrected chi connectivity index (χ4v) is 5.11. The Morgan fingerprint density at radius 1 is 1.42 bits per heavy atom. The van der Waals surface area contributed by atoms with E-state index in [4.69, 9.17) is 14.2 Å². The monoisotopic (exact) mass is 362 g/mol. The quantitative estimate of drug-likeness (QED) is 0.350. The van der Waals surface area contributed by atoms with Crippen molar-refractivity contribution >= 4 is 11.9 Å². The van der Waals surface area contributed by atoms with E-state index in [-0.39, 0.29) is 12.0 Å². The van der Waals surface area contributed by atoms with Gasteiger partial charge in [-0.25, -0.2) is 9.59 Å². The molecule has 1 saturated carbocycles. The standard InChI is InChI=1S/C20H26O6/c1-9-6-7-13(21)19(4)8-12(24-18(23)20(5)11(3)26-20)14-10(2)17(22)25-16(14)15(9)19/h6,11-16,21H,2,7-8H2,1,3-5H3/t11-,12+,13+,14+,15+,16-,19-,20+/m0/s1. The van der Waals surface area contributed by atoms with Crippen LogP contribution in [0.1, 0.15) is 40.5 Å². The summed E-state index contributed by atoms with van der Waals surface area (Å²) in [5.74, 6) is -1.38. The maximum Gasteiger partial charge on any atom is 0.341 e. The van der Waals surface area contributed by atoms with Crippen molar-refractivity contribution in [3.63, 3.8) is 0 Å². The number of rotatable bonds is 2. The lowest BCUT2D eigenvalue weighted by Crippen LogP contribution is -2.57. The molecule has 0 aromatic rings. The number of carbonyl (C=O) groups is 2. The predicted octanol–water partition coefficient (Wildman–Crippen LogP) is 1.91. The molecule has 6 heteroatoms. The van der Waals surface area contributed by atoms with Gasteiger partial charge in [-0.3, -0.25) is 0 Å². The smallest absolute Gasteiger partial charge is 0.341 e. The van der Waals surface area contributed by atoms with Gasteiger partial charge >= 0.3 is 11.9 Å². The van der Waals surface area contributed by atoms with Gasteiger partial charge in [0.2, 0.25) is 0 Å². The highest BCUT2D eigenvalue weighted by Gasteiger charge is 2.63. The molecule has 4 aliphatic rings. The lowest BCUT2D eigenvalue weighted by atomic mass is 9.54.